The van der Waals surface area contributed by atoms with Crippen LogP contribution in [0.5, 0.6) is 0 Å². The predicted molar refractivity (Wildman–Crippen MR) is 72.8 cm³/mol. The van der Waals surface area contributed by atoms with E-state index in [4.69, 9.17) is 5.73 Å². The molecular weight excluding hydrogens is 214 g/mol. The van der Waals surface area contributed by atoms with Gasteiger partial charge in [-0.15, -0.1) is 0 Å². The molecule has 0 aliphatic rings. The minimum atomic E-state index is -0.562. The second-order valence-corrected chi connectivity index (χ2v) is 4.80. The highest BCUT2D eigenvalue weighted by molar-refractivity contribution is 5.84. The van der Waals surface area contributed by atoms with Crippen molar-refractivity contribution < 1.29 is 4.79 Å². The fourth-order valence-corrected chi connectivity index (χ4v) is 2.26. The second-order valence-electron chi connectivity index (χ2n) is 4.80. The molecule has 1 atom stereocenters. The van der Waals surface area contributed by atoms with E-state index in [0.717, 1.165) is 32.6 Å². The summed E-state index contributed by atoms with van der Waals surface area (Å²) in [7, 11) is 0. The van der Waals surface area contributed by atoms with Gasteiger partial charge in [0.2, 0.25) is 5.91 Å². The molecule has 0 rings (SSSR count). The van der Waals surface area contributed by atoms with E-state index >= 15 is 0 Å². The van der Waals surface area contributed by atoms with Crippen LogP contribution in [0.25, 0.3) is 0 Å². The fourth-order valence-electron chi connectivity index (χ4n) is 2.26. The molecular formula is C13H29N3O. The second kappa shape index (κ2) is 7.67. The first-order chi connectivity index (χ1) is 7.94. The summed E-state index contributed by atoms with van der Waals surface area (Å²) < 4.78 is 0. The average molecular weight is 243 g/mol. The molecule has 0 bridgehead atoms. The van der Waals surface area contributed by atoms with Crippen molar-refractivity contribution in [3.63, 3.8) is 0 Å². The van der Waals surface area contributed by atoms with Crippen molar-refractivity contribution in [2.24, 2.45) is 11.7 Å². The summed E-state index contributed by atoms with van der Waals surface area (Å²) >= 11 is 0. The van der Waals surface area contributed by atoms with Crippen LogP contribution in [0.4, 0.5) is 0 Å². The Morgan fingerprint density at radius 1 is 1.29 bits per heavy atom. The normalized spacial score (nSPS) is 15.2. The highest BCUT2D eigenvalue weighted by Gasteiger charge is 2.37. The maximum atomic E-state index is 11.7. The van der Waals surface area contributed by atoms with Crippen LogP contribution in [0.15, 0.2) is 0 Å². The van der Waals surface area contributed by atoms with Crippen molar-refractivity contribution in [3.05, 3.63) is 0 Å². The van der Waals surface area contributed by atoms with Gasteiger partial charge >= 0.3 is 0 Å². The lowest BCUT2D eigenvalue weighted by molar-refractivity contribution is -0.126. The van der Waals surface area contributed by atoms with Gasteiger partial charge in [0.25, 0.3) is 0 Å². The molecule has 0 aromatic heterocycles. The molecule has 4 heteroatoms. The molecule has 0 aliphatic heterocycles. The van der Waals surface area contributed by atoms with Crippen LogP contribution in [-0.4, -0.2) is 42.5 Å². The lowest BCUT2D eigenvalue weighted by Crippen LogP contribution is -2.59. The average Bonchev–Trinajstić information content (AvgIpc) is 2.29. The Bertz CT molecular complexity index is 227. The monoisotopic (exact) mass is 243 g/mol. The number of carbonyl (C=O) groups excluding carboxylic acids is 1. The molecule has 17 heavy (non-hydrogen) atoms. The van der Waals surface area contributed by atoms with Gasteiger partial charge in [-0.25, -0.2) is 0 Å². The van der Waals surface area contributed by atoms with Crippen molar-refractivity contribution in [2.45, 2.75) is 46.6 Å². The van der Waals surface area contributed by atoms with Gasteiger partial charge in [-0.1, -0.05) is 34.6 Å². The molecule has 0 fully saturated rings. The summed E-state index contributed by atoms with van der Waals surface area (Å²) in [5, 5.41) is 3.36. The van der Waals surface area contributed by atoms with Crippen LogP contribution < -0.4 is 11.1 Å². The number of carbonyl (C=O) groups is 1. The fraction of sp³-hybridized carbons (Fsp3) is 0.923. The summed E-state index contributed by atoms with van der Waals surface area (Å²) in [6, 6.07) is 0. The number of hydrogen-bond acceptors (Lipinski definition) is 3. The van der Waals surface area contributed by atoms with Gasteiger partial charge in [0.1, 0.15) is 0 Å². The van der Waals surface area contributed by atoms with Crippen LogP contribution in [0.1, 0.15) is 41.0 Å². The largest absolute Gasteiger partial charge is 0.368 e. The van der Waals surface area contributed by atoms with E-state index in [1.54, 1.807) is 0 Å². The zero-order valence-electron chi connectivity index (χ0n) is 12.0. The molecule has 0 aliphatic carbocycles. The van der Waals surface area contributed by atoms with Gasteiger partial charge in [-0.2, -0.15) is 0 Å². The molecule has 1 amide bonds. The van der Waals surface area contributed by atoms with Crippen LogP contribution in [0.3, 0.4) is 0 Å². The van der Waals surface area contributed by atoms with Crippen molar-refractivity contribution in [1.29, 1.82) is 0 Å². The van der Waals surface area contributed by atoms with Gasteiger partial charge in [-0.3, -0.25) is 4.79 Å². The Morgan fingerprint density at radius 3 is 2.12 bits per heavy atom. The molecule has 102 valence electrons. The zero-order valence-corrected chi connectivity index (χ0v) is 12.0. The molecule has 0 aromatic carbocycles. The first-order valence-corrected chi connectivity index (χ1v) is 6.71. The zero-order chi connectivity index (χ0) is 13.5. The van der Waals surface area contributed by atoms with E-state index in [2.05, 4.69) is 24.1 Å². The highest BCUT2D eigenvalue weighted by atomic mass is 16.1. The number of rotatable bonds is 9. The van der Waals surface area contributed by atoms with Crippen LogP contribution >= 0.6 is 0 Å². The van der Waals surface area contributed by atoms with Crippen LogP contribution in [0, 0.1) is 5.92 Å². The Hall–Kier alpha value is -0.610. The molecule has 1 unspecified atom stereocenters. The maximum Gasteiger partial charge on any atom is 0.237 e. The Labute approximate surface area is 106 Å². The minimum absolute atomic E-state index is 0.210. The van der Waals surface area contributed by atoms with E-state index < -0.39 is 5.54 Å². The van der Waals surface area contributed by atoms with E-state index in [1.165, 1.54) is 0 Å². The smallest absolute Gasteiger partial charge is 0.237 e. The van der Waals surface area contributed by atoms with Gasteiger partial charge in [0, 0.05) is 13.1 Å². The third-order valence-electron chi connectivity index (χ3n) is 3.75. The summed E-state index contributed by atoms with van der Waals surface area (Å²) in [6.45, 7) is 14.2. The number of nitrogens with zero attached hydrogens (tertiary/aromatic N) is 1. The Balaban J connectivity index is 4.41. The van der Waals surface area contributed by atoms with E-state index in [1.807, 2.05) is 20.8 Å². The quantitative estimate of drug-likeness (QED) is 0.640. The van der Waals surface area contributed by atoms with Crippen molar-refractivity contribution >= 4 is 5.91 Å². The number of amides is 1. The molecule has 0 saturated carbocycles. The molecule has 0 saturated heterocycles. The number of nitrogens with one attached hydrogen (secondary N) is 1. The molecule has 0 radical (unpaired) electrons. The SMILES string of the molecule is CCN(CC)CCNC(CC)(C(N)=O)C(C)C. The van der Waals surface area contributed by atoms with Crippen molar-refractivity contribution in [2.75, 3.05) is 26.2 Å². The first kappa shape index (κ1) is 16.4. The van der Waals surface area contributed by atoms with E-state index in [-0.39, 0.29) is 11.8 Å². The highest BCUT2D eigenvalue weighted by Crippen LogP contribution is 2.20. The third-order valence-corrected chi connectivity index (χ3v) is 3.75. The van der Waals surface area contributed by atoms with Crippen LogP contribution in [-0.2, 0) is 4.79 Å². The Kier molecular flexibility index (Phi) is 7.39. The number of hydrogen-bond donors (Lipinski definition) is 2. The Morgan fingerprint density at radius 2 is 1.82 bits per heavy atom. The summed E-state index contributed by atoms with van der Waals surface area (Å²) in [5.74, 6) is -0.0312. The van der Waals surface area contributed by atoms with Crippen LogP contribution in [0.2, 0.25) is 0 Å². The lowest BCUT2D eigenvalue weighted by Gasteiger charge is -2.35. The van der Waals surface area contributed by atoms with Gasteiger partial charge in [0.15, 0.2) is 0 Å². The number of likely N-dealkylation sites (N-methyl/N-ethyl adjacent to an activating group) is 1. The van der Waals surface area contributed by atoms with E-state index in [9.17, 15) is 4.79 Å². The summed E-state index contributed by atoms with van der Waals surface area (Å²) in [5.41, 5.74) is 4.99. The summed E-state index contributed by atoms with van der Waals surface area (Å²) in [6.07, 6.45) is 0.734. The topological polar surface area (TPSA) is 58.4 Å². The minimum Gasteiger partial charge on any atom is -0.368 e. The number of primary amides is 1. The number of nitrogens with two attached hydrogens (primary N) is 1. The molecule has 0 aromatic rings. The molecule has 4 nitrogen and oxygen atoms in total. The van der Waals surface area contributed by atoms with Gasteiger partial charge < -0.3 is 16.0 Å². The summed E-state index contributed by atoms with van der Waals surface area (Å²) in [4.78, 5) is 14.0. The predicted octanol–water partition coefficient (Wildman–Crippen LogP) is 1.21. The van der Waals surface area contributed by atoms with Crippen molar-refractivity contribution in [3.8, 4) is 0 Å². The van der Waals surface area contributed by atoms with Gasteiger partial charge in [0.05, 0.1) is 5.54 Å². The van der Waals surface area contributed by atoms with Crippen molar-refractivity contribution in [1.82, 2.24) is 10.2 Å². The maximum absolute atomic E-state index is 11.7. The standard InChI is InChI=1S/C13H29N3O/c1-6-13(11(4)5,12(14)17)15-9-10-16(7-2)8-3/h11,15H,6-10H2,1-5H3,(H2,14,17). The van der Waals surface area contributed by atoms with E-state index in [0.29, 0.717) is 0 Å². The first-order valence-electron chi connectivity index (χ1n) is 6.71. The van der Waals surface area contributed by atoms with Gasteiger partial charge in [-0.05, 0) is 25.4 Å². The molecule has 0 heterocycles. The third kappa shape index (κ3) is 4.28. The lowest BCUT2D eigenvalue weighted by atomic mass is 9.83. The molecule has 0 spiro atoms. The molecule has 3 N–H and O–H groups in total.